The van der Waals surface area contributed by atoms with Crippen LogP contribution in [0.25, 0.3) is 10.9 Å². The van der Waals surface area contributed by atoms with Crippen molar-refractivity contribution in [2.75, 3.05) is 13.1 Å². The molecule has 0 unspecified atom stereocenters. The van der Waals surface area contributed by atoms with Crippen molar-refractivity contribution in [1.29, 1.82) is 0 Å². The summed E-state index contributed by atoms with van der Waals surface area (Å²) >= 11 is 0. The van der Waals surface area contributed by atoms with Crippen LogP contribution in [-0.4, -0.2) is 50.9 Å². The predicted molar refractivity (Wildman–Crippen MR) is 96.1 cm³/mol. The minimum Gasteiger partial charge on any atom is -0.490 e. The summed E-state index contributed by atoms with van der Waals surface area (Å²) in [5, 5.41) is 7.08. The van der Waals surface area contributed by atoms with Gasteiger partial charge in [-0.15, -0.1) is 0 Å². The van der Waals surface area contributed by atoms with Crippen LogP contribution < -0.4 is 4.74 Å². The van der Waals surface area contributed by atoms with E-state index >= 15 is 0 Å². The van der Waals surface area contributed by atoms with E-state index in [-0.39, 0.29) is 12.0 Å². The molecule has 4 rings (SSSR count). The lowest BCUT2D eigenvalue weighted by Gasteiger charge is -2.32. The largest absolute Gasteiger partial charge is 0.490 e. The van der Waals surface area contributed by atoms with Crippen LogP contribution >= 0.6 is 0 Å². The first kappa shape index (κ1) is 18.4. The summed E-state index contributed by atoms with van der Waals surface area (Å²) in [5.41, 5.74) is 1.01. The van der Waals surface area contributed by atoms with Gasteiger partial charge >= 0.3 is 6.18 Å². The van der Waals surface area contributed by atoms with Crippen LogP contribution in [0.15, 0.2) is 42.9 Å². The minimum absolute atomic E-state index is 0.0708. The number of nitrogens with one attached hydrogen (secondary N) is 1. The van der Waals surface area contributed by atoms with Crippen LogP contribution in [0.1, 0.15) is 23.2 Å². The highest BCUT2D eigenvalue weighted by atomic mass is 19.4. The van der Waals surface area contributed by atoms with Crippen LogP contribution in [-0.2, 0) is 6.54 Å². The third kappa shape index (κ3) is 3.83. The number of nitrogens with zero attached hydrogens (tertiary/aromatic N) is 3. The van der Waals surface area contributed by atoms with Crippen molar-refractivity contribution in [3.63, 3.8) is 0 Å². The van der Waals surface area contributed by atoms with Gasteiger partial charge in [0.2, 0.25) is 0 Å². The number of likely N-dealkylation sites (tertiary alicyclic amines) is 1. The fourth-order valence-electron chi connectivity index (χ4n) is 3.54. The number of alkyl halides is 3. The van der Waals surface area contributed by atoms with Gasteiger partial charge < -0.3 is 14.2 Å². The third-order valence-corrected chi connectivity index (χ3v) is 4.89. The Hall–Kier alpha value is -2.97. The highest BCUT2D eigenvalue weighted by Crippen LogP contribution is 2.31. The van der Waals surface area contributed by atoms with E-state index in [4.69, 9.17) is 4.74 Å². The first-order chi connectivity index (χ1) is 13.4. The summed E-state index contributed by atoms with van der Waals surface area (Å²) in [6.07, 6.45) is 1.43. The van der Waals surface area contributed by atoms with Gasteiger partial charge in [-0.25, -0.2) is 0 Å². The number of piperidine rings is 1. The van der Waals surface area contributed by atoms with E-state index < -0.39 is 12.7 Å². The Balaban J connectivity index is 1.43. The maximum atomic E-state index is 12.7. The van der Waals surface area contributed by atoms with Gasteiger partial charge in [0.25, 0.3) is 5.91 Å². The second-order valence-corrected chi connectivity index (χ2v) is 6.84. The average molecular weight is 392 g/mol. The van der Waals surface area contributed by atoms with E-state index in [1.54, 1.807) is 35.4 Å². The number of rotatable bonds is 4. The van der Waals surface area contributed by atoms with Gasteiger partial charge in [-0.05, 0) is 18.2 Å². The Morgan fingerprint density at radius 2 is 2.04 bits per heavy atom. The topological polar surface area (TPSA) is 63.1 Å². The molecule has 148 valence electrons. The second-order valence-electron chi connectivity index (χ2n) is 6.84. The molecule has 28 heavy (non-hydrogen) atoms. The number of ether oxygens (including phenoxy) is 1. The van der Waals surface area contributed by atoms with Crippen molar-refractivity contribution >= 4 is 16.8 Å². The summed E-state index contributed by atoms with van der Waals surface area (Å²) in [6.45, 7) is 0.0773. The van der Waals surface area contributed by atoms with E-state index in [0.29, 0.717) is 48.1 Å². The van der Waals surface area contributed by atoms with Gasteiger partial charge in [0.1, 0.15) is 18.4 Å². The first-order valence-corrected chi connectivity index (χ1v) is 9.00. The zero-order chi connectivity index (χ0) is 19.7. The standard InChI is InChI=1S/C19H19F3N4O2/c20-19(21,22)12-26-9-6-15-16(26)2-1-3-17(15)28-14-4-7-25(8-5-14)18(27)13-10-23-24-11-13/h1-3,6,9-11,14H,4-5,7-8,12H2,(H,23,24). The normalized spacial score (nSPS) is 15.9. The molecule has 1 N–H and O–H groups in total. The van der Waals surface area contributed by atoms with Gasteiger partial charge in [0.05, 0.1) is 17.3 Å². The van der Waals surface area contributed by atoms with Crippen LogP contribution in [0.2, 0.25) is 0 Å². The van der Waals surface area contributed by atoms with Crippen molar-refractivity contribution in [1.82, 2.24) is 19.7 Å². The van der Waals surface area contributed by atoms with Gasteiger partial charge in [-0.3, -0.25) is 9.89 Å². The smallest absolute Gasteiger partial charge is 0.406 e. The summed E-state index contributed by atoms with van der Waals surface area (Å²) in [6, 6.07) is 6.76. The molecule has 2 aromatic heterocycles. The highest BCUT2D eigenvalue weighted by molar-refractivity contribution is 5.93. The summed E-state index contributed by atoms with van der Waals surface area (Å²) in [4.78, 5) is 14.1. The van der Waals surface area contributed by atoms with Gasteiger partial charge in [0.15, 0.2) is 0 Å². The summed E-state index contributed by atoms with van der Waals surface area (Å²) in [5.74, 6) is 0.497. The molecule has 0 bridgehead atoms. The molecule has 1 amide bonds. The molecule has 0 atom stereocenters. The fourth-order valence-corrected chi connectivity index (χ4v) is 3.54. The Morgan fingerprint density at radius 1 is 1.25 bits per heavy atom. The lowest BCUT2D eigenvalue weighted by atomic mass is 10.1. The maximum Gasteiger partial charge on any atom is 0.406 e. The lowest BCUT2D eigenvalue weighted by Crippen LogP contribution is -2.41. The number of aromatic nitrogens is 3. The molecule has 0 saturated carbocycles. The molecule has 0 spiro atoms. The van der Waals surface area contributed by atoms with Crippen molar-refractivity contribution in [3.05, 3.63) is 48.4 Å². The van der Waals surface area contributed by atoms with Crippen molar-refractivity contribution < 1.29 is 22.7 Å². The number of halogens is 3. The monoisotopic (exact) mass is 392 g/mol. The number of H-pyrrole nitrogens is 1. The van der Waals surface area contributed by atoms with Crippen LogP contribution in [0, 0.1) is 0 Å². The molecule has 1 aromatic carbocycles. The number of carbonyl (C=O) groups is 1. The molecule has 0 radical (unpaired) electrons. The molecule has 1 aliphatic rings. The number of hydrogen-bond donors (Lipinski definition) is 1. The van der Waals surface area contributed by atoms with E-state index in [1.807, 2.05) is 0 Å². The molecule has 6 nitrogen and oxygen atoms in total. The third-order valence-electron chi connectivity index (χ3n) is 4.89. The number of amides is 1. The van der Waals surface area contributed by atoms with Crippen molar-refractivity contribution in [2.45, 2.75) is 31.7 Å². The van der Waals surface area contributed by atoms with E-state index in [9.17, 15) is 18.0 Å². The van der Waals surface area contributed by atoms with E-state index in [2.05, 4.69) is 10.2 Å². The zero-order valence-electron chi connectivity index (χ0n) is 14.9. The highest BCUT2D eigenvalue weighted by Gasteiger charge is 2.29. The van der Waals surface area contributed by atoms with E-state index in [0.717, 1.165) is 0 Å². The molecule has 1 fully saturated rings. The molecule has 1 aliphatic heterocycles. The molecule has 0 aliphatic carbocycles. The summed E-state index contributed by atoms with van der Waals surface area (Å²) in [7, 11) is 0. The quantitative estimate of drug-likeness (QED) is 0.738. The number of fused-ring (bicyclic) bond motifs is 1. The van der Waals surface area contributed by atoms with Gasteiger partial charge in [0, 0.05) is 43.7 Å². The number of aromatic amines is 1. The first-order valence-electron chi connectivity index (χ1n) is 9.00. The SMILES string of the molecule is O=C(c1cn[nH]c1)N1CCC(Oc2cccc3c2ccn3CC(F)(F)F)CC1. The molecule has 3 aromatic rings. The Labute approximate surface area is 158 Å². The zero-order valence-corrected chi connectivity index (χ0v) is 14.9. The Morgan fingerprint density at radius 3 is 2.71 bits per heavy atom. The number of carbonyl (C=O) groups excluding carboxylic acids is 1. The van der Waals surface area contributed by atoms with E-state index in [1.165, 1.54) is 17.0 Å². The Bertz CT molecular complexity index is 957. The van der Waals surface area contributed by atoms with Crippen LogP contribution in [0.3, 0.4) is 0 Å². The Kier molecular flexibility index (Phi) is 4.74. The fraction of sp³-hybridized carbons (Fsp3) is 0.368. The number of benzene rings is 1. The van der Waals surface area contributed by atoms with Gasteiger partial charge in [-0.2, -0.15) is 18.3 Å². The molecular weight excluding hydrogens is 373 g/mol. The summed E-state index contributed by atoms with van der Waals surface area (Å²) < 4.78 is 45.5. The average Bonchev–Trinajstić information content (AvgIpc) is 3.32. The predicted octanol–water partition coefficient (Wildman–Crippen LogP) is 3.61. The second kappa shape index (κ2) is 7.21. The van der Waals surface area contributed by atoms with Crippen LogP contribution in [0.4, 0.5) is 13.2 Å². The molecule has 1 saturated heterocycles. The van der Waals surface area contributed by atoms with Gasteiger partial charge in [-0.1, -0.05) is 6.07 Å². The van der Waals surface area contributed by atoms with Crippen molar-refractivity contribution in [2.24, 2.45) is 0 Å². The molecule has 3 heterocycles. The lowest BCUT2D eigenvalue weighted by molar-refractivity contribution is -0.139. The van der Waals surface area contributed by atoms with Crippen molar-refractivity contribution in [3.8, 4) is 5.75 Å². The number of hydrogen-bond acceptors (Lipinski definition) is 3. The minimum atomic E-state index is -4.28. The molecular formula is C19H19F3N4O2. The maximum absolute atomic E-state index is 12.7. The molecule has 9 heteroatoms. The van der Waals surface area contributed by atoms with Crippen LogP contribution in [0.5, 0.6) is 5.75 Å².